The van der Waals surface area contributed by atoms with E-state index in [4.69, 9.17) is 9.47 Å². The predicted molar refractivity (Wildman–Crippen MR) is 85.8 cm³/mol. The Morgan fingerprint density at radius 1 is 1.50 bits per heavy atom. The number of halogens is 1. The molecule has 0 saturated carbocycles. The number of rotatable bonds is 7. The Labute approximate surface area is 133 Å². The van der Waals surface area contributed by atoms with Crippen LogP contribution in [0.25, 0.3) is 0 Å². The van der Waals surface area contributed by atoms with Gasteiger partial charge in [-0.15, -0.1) is 0 Å². The van der Waals surface area contributed by atoms with Crippen LogP contribution in [0.5, 0.6) is 0 Å². The molecule has 0 bridgehead atoms. The minimum atomic E-state index is -0.343. The van der Waals surface area contributed by atoms with Gasteiger partial charge in [0.1, 0.15) is 6.10 Å². The maximum Gasteiger partial charge on any atom is 0.407 e. The van der Waals surface area contributed by atoms with Crippen molar-refractivity contribution >= 4 is 28.7 Å². The summed E-state index contributed by atoms with van der Waals surface area (Å²) in [4.78, 5) is 11.7. The molecule has 4 nitrogen and oxygen atoms in total. The van der Waals surface area contributed by atoms with E-state index in [-0.39, 0.29) is 18.2 Å². The molecular weight excluding hydrogens is 369 g/mol. The fourth-order valence-electron chi connectivity index (χ4n) is 1.94. The molecular formula is C15H20INO3. The van der Waals surface area contributed by atoms with Crippen molar-refractivity contribution in [1.82, 2.24) is 5.32 Å². The first-order valence-corrected chi connectivity index (χ1v) is 8.06. The van der Waals surface area contributed by atoms with Crippen LogP contribution in [0.3, 0.4) is 0 Å². The molecule has 2 atom stereocenters. The van der Waals surface area contributed by atoms with Gasteiger partial charge in [-0.1, -0.05) is 25.5 Å². The van der Waals surface area contributed by atoms with Gasteiger partial charge in [-0.2, -0.15) is 0 Å². The van der Waals surface area contributed by atoms with E-state index in [2.05, 4.69) is 59.1 Å². The smallest absolute Gasteiger partial charge is 0.407 e. The molecule has 0 aliphatic carbocycles. The van der Waals surface area contributed by atoms with Gasteiger partial charge < -0.3 is 14.8 Å². The van der Waals surface area contributed by atoms with Crippen LogP contribution in [0.4, 0.5) is 4.79 Å². The highest BCUT2D eigenvalue weighted by molar-refractivity contribution is 14.1. The van der Waals surface area contributed by atoms with Crippen LogP contribution in [-0.2, 0) is 15.9 Å². The normalized spacial score (nSPS) is 18.4. The Hall–Kier alpha value is -0.820. The molecule has 1 N–H and O–H groups in total. The van der Waals surface area contributed by atoms with Gasteiger partial charge in [0.2, 0.25) is 0 Å². The standard InChI is InChI=1S/C15H20INO3/c1-2-3-8-19-15(18)17-13(14-10-20-14)9-11-4-6-12(16)7-5-11/h4-7,13-14H,2-3,8-10H2,1H3,(H,17,18)/t13-,14-/m0/s1. The van der Waals surface area contributed by atoms with Crippen molar-refractivity contribution < 1.29 is 14.3 Å². The van der Waals surface area contributed by atoms with Gasteiger partial charge >= 0.3 is 6.09 Å². The number of ether oxygens (including phenoxy) is 2. The van der Waals surface area contributed by atoms with E-state index in [1.807, 2.05) is 0 Å². The van der Waals surface area contributed by atoms with Crippen LogP contribution in [0.2, 0.25) is 0 Å². The first-order valence-electron chi connectivity index (χ1n) is 6.98. The quantitative estimate of drug-likeness (QED) is 0.443. The Balaban J connectivity index is 1.84. The highest BCUT2D eigenvalue weighted by Gasteiger charge is 2.34. The van der Waals surface area contributed by atoms with Crippen LogP contribution >= 0.6 is 22.6 Å². The molecule has 0 aromatic heterocycles. The van der Waals surface area contributed by atoms with E-state index in [0.717, 1.165) is 19.3 Å². The van der Waals surface area contributed by atoms with Gasteiger partial charge in [-0.3, -0.25) is 0 Å². The van der Waals surface area contributed by atoms with E-state index >= 15 is 0 Å². The lowest BCUT2D eigenvalue weighted by Gasteiger charge is -2.16. The molecule has 0 radical (unpaired) electrons. The Bertz CT molecular complexity index is 431. The third-order valence-electron chi connectivity index (χ3n) is 3.21. The number of nitrogens with one attached hydrogen (secondary N) is 1. The van der Waals surface area contributed by atoms with Crippen LogP contribution in [0.1, 0.15) is 25.3 Å². The van der Waals surface area contributed by atoms with Crippen LogP contribution in [0.15, 0.2) is 24.3 Å². The minimum absolute atomic E-state index is 0.0100. The largest absolute Gasteiger partial charge is 0.450 e. The molecule has 110 valence electrons. The first-order chi connectivity index (χ1) is 9.69. The van der Waals surface area contributed by atoms with Crippen molar-refractivity contribution in [1.29, 1.82) is 0 Å². The number of benzene rings is 1. The zero-order valence-electron chi connectivity index (χ0n) is 11.6. The number of unbranched alkanes of at least 4 members (excludes halogenated alkanes) is 1. The predicted octanol–water partition coefficient (Wildman–Crippen LogP) is 3.13. The molecule has 1 heterocycles. The number of hydrogen-bond donors (Lipinski definition) is 1. The molecule has 1 aliphatic heterocycles. The van der Waals surface area contributed by atoms with E-state index in [9.17, 15) is 4.79 Å². The number of carbonyl (C=O) groups excluding carboxylic acids is 1. The number of hydrogen-bond acceptors (Lipinski definition) is 3. The topological polar surface area (TPSA) is 50.9 Å². The van der Waals surface area contributed by atoms with Crippen LogP contribution in [0, 0.1) is 3.57 Å². The maximum absolute atomic E-state index is 11.7. The summed E-state index contributed by atoms with van der Waals surface area (Å²) in [5, 5.41) is 2.91. The fraction of sp³-hybridized carbons (Fsp3) is 0.533. The summed E-state index contributed by atoms with van der Waals surface area (Å²) in [6.07, 6.45) is 2.46. The lowest BCUT2D eigenvalue weighted by Crippen LogP contribution is -2.40. The van der Waals surface area contributed by atoms with Gasteiger partial charge in [-0.05, 0) is 53.1 Å². The van der Waals surface area contributed by atoms with Gasteiger partial charge in [0.15, 0.2) is 0 Å². The van der Waals surface area contributed by atoms with Crippen molar-refractivity contribution in [2.45, 2.75) is 38.3 Å². The van der Waals surface area contributed by atoms with Crippen molar-refractivity contribution in [2.24, 2.45) is 0 Å². The highest BCUT2D eigenvalue weighted by Crippen LogP contribution is 2.19. The van der Waals surface area contributed by atoms with E-state index in [1.165, 1.54) is 9.13 Å². The van der Waals surface area contributed by atoms with Gasteiger partial charge in [0.05, 0.1) is 19.3 Å². The third-order valence-corrected chi connectivity index (χ3v) is 3.93. The lowest BCUT2D eigenvalue weighted by atomic mass is 10.0. The molecule has 0 spiro atoms. The average Bonchev–Trinajstić information content (AvgIpc) is 3.25. The molecule has 1 saturated heterocycles. The molecule has 1 aliphatic rings. The zero-order chi connectivity index (χ0) is 14.4. The molecule has 1 fully saturated rings. The monoisotopic (exact) mass is 389 g/mol. The molecule has 5 heteroatoms. The second-order valence-electron chi connectivity index (χ2n) is 4.94. The number of amides is 1. The summed E-state index contributed by atoms with van der Waals surface area (Å²) in [7, 11) is 0. The van der Waals surface area contributed by atoms with Crippen LogP contribution in [-0.4, -0.2) is 31.5 Å². The number of carbonyl (C=O) groups is 1. The second kappa shape index (κ2) is 7.83. The molecule has 1 aromatic rings. The average molecular weight is 389 g/mol. The summed E-state index contributed by atoms with van der Waals surface area (Å²) in [6.45, 7) is 3.26. The highest BCUT2D eigenvalue weighted by atomic mass is 127. The lowest BCUT2D eigenvalue weighted by molar-refractivity contribution is 0.138. The summed E-state index contributed by atoms with van der Waals surface area (Å²) in [5.74, 6) is 0. The Morgan fingerprint density at radius 3 is 2.80 bits per heavy atom. The molecule has 0 unspecified atom stereocenters. The SMILES string of the molecule is CCCCOC(=O)N[C@@H](Cc1ccc(I)cc1)[C@@H]1CO1. The van der Waals surface area contributed by atoms with Gasteiger partial charge in [-0.25, -0.2) is 4.79 Å². The van der Waals surface area contributed by atoms with Gasteiger partial charge in [0, 0.05) is 3.57 Å². The minimum Gasteiger partial charge on any atom is -0.450 e. The summed E-state index contributed by atoms with van der Waals surface area (Å²) < 4.78 is 11.7. The second-order valence-corrected chi connectivity index (χ2v) is 6.19. The van der Waals surface area contributed by atoms with Crippen LogP contribution < -0.4 is 5.32 Å². The third kappa shape index (κ3) is 5.28. The number of epoxide rings is 1. The van der Waals surface area contributed by atoms with E-state index in [1.54, 1.807) is 0 Å². The van der Waals surface area contributed by atoms with Gasteiger partial charge in [0.25, 0.3) is 0 Å². The zero-order valence-corrected chi connectivity index (χ0v) is 13.8. The number of alkyl carbamates (subject to hydrolysis) is 1. The molecule has 20 heavy (non-hydrogen) atoms. The maximum atomic E-state index is 11.7. The van der Waals surface area contributed by atoms with Crippen molar-refractivity contribution in [3.63, 3.8) is 0 Å². The summed E-state index contributed by atoms with van der Waals surface area (Å²) in [6, 6.07) is 8.30. The fourth-order valence-corrected chi connectivity index (χ4v) is 2.30. The van der Waals surface area contributed by atoms with Crippen molar-refractivity contribution in [3.05, 3.63) is 33.4 Å². The molecule has 2 rings (SSSR count). The summed E-state index contributed by atoms with van der Waals surface area (Å²) in [5.41, 5.74) is 1.19. The first kappa shape index (κ1) is 15.6. The molecule has 1 amide bonds. The van der Waals surface area contributed by atoms with Crippen molar-refractivity contribution in [3.8, 4) is 0 Å². The Kier molecular flexibility index (Phi) is 6.09. The Morgan fingerprint density at radius 2 is 2.20 bits per heavy atom. The molecule has 1 aromatic carbocycles. The van der Waals surface area contributed by atoms with E-state index < -0.39 is 0 Å². The van der Waals surface area contributed by atoms with E-state index in [0.29, 0.717) is 13.2 Å². The van der Waals surface area contributed by atoms with Crippen molar-refractivity contribution in [2.75, 3.05) is 13.2 Å². The summed E-state index contributed by atoms with van der Waals surface area (Å²) >= 11 is 2.28.